The number of rotatable bonds is 4. The van der Waals surface area contributed by atoms with Crippen molar-refractivity contribution in [3.63, 3.8) is 0 Å². The van der Waals surface area contributed by atoms with E-state index in [4.69, 9.17) is 0 Å². The van der Waals surface area contributed by atoms with E-state index in [9.17, 15) is 35.9 Å². The summed E-state index contributed by atoms with van der Waals surface area (Å²) in [6.45, 7) is 0. The van der Waals surface area contributed by atoms with E-state index in [1.54, 1.807) is 0 Å². The third-order valence-electron chi connectivity index (χ3n) is 4.62. The molecule has 0 bridgehead atoms. The number of hydrogen-bond donors (Lipinski definition) is 0. The second-order valence-corrected chi connectivity index (χ2v) is 6.80. The fraction of sp³-hybridized carbons (Fsp3) is 0.182. The van der Waals surface area contributed by atoms with Crippen molar-refractivity contribution in [3.05, 3.63) is 70.9 Å². The number of methoxy groups -OCH3 is 2. The molecule has 0 aliphatic rings. The van der Waals surface area contributed by atoms with Crippen LogP contribution in [0.5, 0.6) is 0 Å². The lowest BCUT2D eigenvalue weighted by molar-refractivity contribution is -0.142. The summed E-state index contributed by atoms with van der Waals surface area (Å²) in [5, 5.41) is 0. The Hall–Kier alpha value is -3.96. The van der Waals surface area contributed by atoms with Crippen molar-refractivity contribution in [2.24, 2.45) is 0 Å². The Kier molecular flexibility index (Phi) is 6.62. The molecule has 0 spiro atoms. The highest BCUT2D eigenvalue weighted by Crippen LogP contribution is 2.41. The number of nitrogens with zero attached hydrogens (tertiary/aromatic N) is 2. The van der Waals surface area contributed by atoms with Crippen LogP contribution in [0.15, 0.2) is 48.7 Å². The zero-order chi connectivity index (χ0) is 25.3. The molecule has 0 amide bonds. The number of alkyl halides is 6. The van der Waals surface area contributed by atoms with Crippen LogP contribution in [0.1, 0.15) is 31.8 Å². The highest BCUT2D eigenvalue weighted by molar-refractivity contribution is 5.93. The van der Waals surface area contributed by atoms with Gasteiger partial charge >= 0.3 is 24.3 Å². The van der Waals surface area contributed by atoms with Gasteiger partial charge in [0.1, 0.15) is 0 Å². The fourth-order valence-corrected chi connectivity index (χ4v) is 3.03. The van der Waals surface area contributed by atoms with Crippen LogP contribution in [0.3, 0.4) is 0 Å². The summed E-state index contributed by atoms with van der Waals surface area (Å²) < 4.78 is 89.4. The highest BCUT2D eigenvalue weighted by atomic mass is 19.4. The molecular formula is C22H14F6N2O4. The average Bonchev–Trinajstić information content (AvgIpc) is 2.81. The lowest BCUT2D eigenvalue weighted by Crippen LogP contribution is -2.13. The van der Waals surface area contributed by atoms with Gasteiger partial charge in [0.05, 0.1) is 53.6 Å². The number of pyridine rings is 2. The van der Waals surface area contributed by atoms with E-state index in [0.717, 1.165) is 26.4 Å². The van der Waals surface area contributed by atoms with Gasteiger partial charge in [0.25, 0.3) is 0 Å². The molecule has 0 unspecified atom stereocenters. The average molecular weight is 484 g/mol. The molecule has 0 aliphatic carbocycles. The molecule has 0 saturated carbocycles. The van der Waals surface area contributed by atoms with Crippen molar-refractivity contribution in [2.45, 2.75) is 12.4 Å². The molecule has 1 aromatic carbocycles. The van der Waals surface area contributed by atoms with Gasteiger partial charge in [-0.3, -0.25) is 4.98 Å². The second-order valence-electron chi connectivity index (χ2n) is 6.80. The van der Waals surface area contributed by atoms with Crippen LogP contribution < -0.4 is 0 Å². The zero-order valence-electron chi connectivity index (χ0n) is 17.4. The van der Waals surface area contributed by atoms with Gasteiger partial charge in [0.15, 0.2) is 0 Å². The number of ether oxygens (including phenoxy) is 2. The summed E-state index contributed by atoms with van der Waals surface area (Å²) in [6.07, 6.45) is -8.96. The van der Waals surface area contributed by atoms with Gasteiger partial charge < -0.3 is 9.47 Å². The SMILES string of the molecule is COC(=O)c1ccnc(-c2cc(C(=O)OC)cc(-c3ccc(C(F)(F)F)cc3C(F)(F)F)n2)c1. The quantitative estimate of drug-likeness (QED) is 0.364. The maximum atomic E-state index is 13.7. The van der Waals surface area contributed by atoms with Gasteiger partial charge in [0.2, 0.25) is 0 Å². The van der Waals surface area contributed by atoms with E-state index in [0.29, 0.717) is 12.1 Å². The molecule has 178 valence electrons. The van der Waals surface area contributed by atoms with Crippen molar-refractivity contribution >= 4 is 11.9 Å². The first-order valence-electron chi connectivity index (χ1n) is 9.29. The minimum Gasteiger partial charge on any atom is -0.465 e. The molecule has 12 heteroatoms. The fourth-order valence-electron chi connectivity index (χ4n) is 3.03. The maximum absolute atomic E-state index is 13.7. The monoisotopic (exact) mass is 484 g/mol. The summed E-state index contributed by atoms with van der Waals surface area (Å²) in [5.74, 6) is -1.66. The summed E-state index contributed by atoms with van der Waals surface area (Å²) in [5.41, 5.74) is -4.57. The Balaban J connectivity index is 2.28. The molecule has 3 rings (SSSR count). The Morgan fingerprint density at radius 1 is 0.735 bits per heavy atom. The summed E-state index contributed by atoms with van der Waals surface area (Å²) in [4.78, 5) is 32.1. The van der Waals surface area contributed by atoms with E-state index in [1.807, 2.05) is 0 Å². The molecule has 34 heavy (non-hydrogen) atoms. The number of hydrogen-bond acceptors (Lipinski definition) is 6. The van der Waals surface area contributed by atoms with Crippen molar-refractivity contribution in [3.8, 4) is 22.6 Å². The molecule has 2 aromatic heterocycles. The predicted molar refractivity (Wildman–Crippen MR) is 106 cm³/mol. The largest absolute Gasteiger partial charge is 0.465 e. The van der Waals surface area contributed by atoms with Crippen molar-refractivity contribution in [1.82, 2.24) is 9.97 Å². The Morgan fingerprint density at radius 3 is 1.91 bits per heavy atom. The Bertz CT molecular complexity index is 1250. The van der Waals surface area contributed by atoms with E-state index < -0.39 is 46.7 Å². The molecule has 0 atom stereocenters. The number of halogens is 6. The lowest BCUT2D eigenvalue weighted by Gasteiger charge is -2.16. The molecule has 0 aliphatic heterocycles. The predicted octanol–water partition coefficient (Wildman–Crippen LogP) is 5.42. The molecule has 0 N–H and O–H groups in total. The molecular weight excluding hydrogens is 470 g/mol. The van der Waals surface area contributed by atoms with Crippen LogP contribution in [0.4, 0.5) is 26.3 Å². The minimum atomic E-state index is -5.16. The van der Waals surface area contributed by atoms with E-state index in [1.165, 1.54) is 18.3 Å². The first-order chi connectivity index (χ1) is 15.8. The topological polar surface area (TPSA) is 78.4 Å². The van der Waals surface area contributed by atoms with Gasteiger partial charge in [-0.2, -0.15) is 26.3 Å². The van der Waals surface area contributed by atoms with E-state index in [2.05, 4.69) is 19.4 Å². The Morgan fingerprint density at radius 2 is 1.32 bits per heavy atom. The molecule has 0 saturated heterocycles. The zero-order valence-corrected chi connectivity index (χ0v) is 17.4. The van der Waals surface area contributed by atoms with Gasteiger partial charge in [-0.15, -0.1) is 0 Å². The first-order valence-corrected chi connectivity index (χ1v) is 9.29. The second kappa shape index (κ2) is 9.12. The summed E-state index contributed by atoms with van der Waals surface area (Å²) in [7, 11) is 2.18. The van der Waals surface area contributed by atoms with Crippen LogP contribution in [-0.2, 0) is 21.8 Å². The van der Waals surface area contributed by atoms with Gasteiger partial charge in [-0.1, -0.05) is 6.07 Å². The number of carbonyl (C=O) groups is 2. The number of carbonyl (C=O) groups excluding carboxylic acids is 2. The van der Waals surface area contributed by atoms with Gasteiger partial charge in [-0.05, 0) is 36.4 Å². The standard InChI is InChI=1S/C22H14F6N2O4/c1-33-19(31)11-5-6-29-17(7-11)18-9-12(20(32)34-2)8-16(30-18)14-4-3-13(21(23,24)25)10-15(14)22(26,27)28/h3-10H,1-2H3. The Labute approximate surface area is 188 Å². The molecule has 6 nitrogen and oxygen atoms in total. The minimum absolute atomic E-state index is 0.00428. The molecule has 0 fully saturated rings. The highest BCUT2D eigenvalue weighted by Gasteiger charge is 2.38. The van der Waals surface area contributed by atoms with Gasteiger partial charge in [0, 0.05) is 11.8 Å². The van der Waals surface area contributed by atoms with E-state index >= 15 is 0 Å². The van der Waals surface area contributed by atoms with Crippen LogP contribution in [0.25, 0.3) is 22.6 Å². The van der Waals surface area contributed by atoms with Crippen molar-refractivity contribution < 1.29 is 45.4 Å². The van der Waals surface area contributed by atoms with Crippen LogP contribution in [-0.4, -0.2) is 36.1 Å². The van der Waals surface area contributed by atoms with Crippen LogP contribution in [0, 0.1) is 0 Å². The summed E-state index contributed by atoms with van der Waals surface area (Å²) in [6, 6.07) is 5.74. The normalized spacial score (nSPS) is 11.8. The van der Waals surface area contributed by atoms with E-state index in [-0.39, 0.29) is 28.6 Å². The summed E-state index contributed by atoms with van der Waals surface area (Å²) >= 11 is 0. The number of esters is 2. The van der Waals surface area contributed by atoms with Gasteiger partial charge in [-0.25, -0.2) is 14.6 Å². The third kappa shape index (κ3) is 5.16. The molecule has 3 aromatic rings. The van der Waals surface area contributed by atoms with Crippen molar-refractivity contribution in [1.29, 1.82) is 0 Å². The lowest BCUT2D eigenvalue weighted by atomic mass is 9.98. The molecule has 2 heterocycles. The third-order valence-corrected chi connectivity index (χ3v) is 4.62. The number of aromatic nitrogens is 2. The number of benzene rings is 1. The maximum Gasteiger partial charge on any atom is 0.417 e. The smallest absolute Gasteiger partial charge is 0.417 e. The van der Waals surface area contributed by atoms with Crippen molar-refractivity contribution in [2.75, 3.05) is 14.2 Å². The molecule has 0 radical (unpaired) electrons. The first kappa shape index (κ1) is 24.7. The van der Waals surface area contributed by atoms with Crippen LogP contribution in [0.2, 0.25) is 0 Å². The van der Waals surface area contributed by atoms with Crippen LogP contribution >= 0.6 is 0 Å².